The number of carbonyl (C=O) groups excluding carboxylic acids is 1. The molecule has 1 aliphatic heterocycles. The van der Waals surface area contributed by atoms with E-state index in [1.165, 1.54) is 18.1 Å². The standard InChI is InChI=1S/C22H24F3N5OS/c1-13-5-3-4-6-16(13)29-20(32)18-19(28-11-14-7-8-27-17(26)9-14)15(10-22(23,24)25)12-30(2)21(18)31/h3-9,15,28H,10-12H2,1-2H3,(H2,26,27)(H,29,32). The summed E-state index contributed by atoms with van der Waals surface area (Å²) in [7, 11) is 1.47. The Morgan fingerprint density at radius 1 is 1.31 bits per heavy atom. The van der Waals surface area contributed by atoms with Gasteiger partial charge in [0.2, 0.25) is 0 Å². The number of aromatic nitrogens is 1. The number of thiocarbonyl (C=S) groups is 1. The number of pyridine rings is 1. The number of halogens is 3. The summed E-state index contributed by atoms with van der Waals surface area (Å²) in [6.07, 6.45) is -3.98. The van der Waals surface area contributed by atoms with Gasteiger partial charge in [0.15, 0.2) is 0 Å². The molecule has 1 amide bonds. The summed E-state index contributed by atoms with van der Waals surface area (Å²) in [4.78, 5) is 18.3. The van der Waals surface area contributed by atoms with E-state index in [-0.39, 0.29) is 29.3 Å². The molecule has 2 heterocycles. The van der Waals surface area contributed by atoms with Gasteiger partial charge >= 0.3 is 6.18 Å². The van der Waals surface area contributed by atoms with E-state index in [1.54, 1.807) is 24.3 Å². The van der Waals surface area contributed by atoms with Crippen LogP contribution in [0, 0.1) is 12.8 Å². The van der Waals surface area contributed by atoms with Crippen LogP contribution >= 0.6 is 12.2 Å². The molecule has 0 aliphatic carbocycles. The van der Waals surface area contributed by atoms with Gasteiger partial charge in [-0.25, -0.2) is 4.98 Å². The Hall–Kier alpha value is -3.14. The lowest BCUT2D eigenvalue weighted by Gasteiger charge is -2.35. The lowest BCUT2D eigenvalue weighted by Crippen LogP contribution is -2.46. The molecule has 0 spiro atoms. The van der Waals surface area contributed by atoms with Gasteiger partial charge in [0.05, 0.1) is 12.0 Å². The number of aryl methyl sites for hydroxylation is 1. The number of anilines is 2. The molecule has 0 saturated heterocycles. The Labute approximate surface area is 189 Å². The minimum atomic E-state index is -4.41. The number of para-hydroxylation sites is 1. The third kappa shape index (κ3) is 5.76. The average molecular weight is 464 g/mol. The summed E-state index contributed by atoms with van der Waals surface area (Å²) in [5.74, 6) is -1.13. The first-order valence-electron chi connectivity index (χ1n) is 9.93. The van der Waals surface area contributed by atoms with Crippen molar-refractivity contribution >= 4 is 34.6 Å². The Balaban J connectivity index is 2.00. The normalized spacial score (nSPS) is 16.8. The zero-order valence-electron chi connectivity index (χ0n) is 17.7. The Morgan fingerprint density at radius 3 is 2.69 bits per heavy atom. The van der Waals surface area contributed by atoms with Gasteiger partial charge in [0.1, 0.15) is 10.8 Å². The molecule has 1 aliphatic rings. The maximum absolute atomic E-state index is 13.4. The number of carbonyl (C=O) groups is 1. The van der Waals surface area contributed by atoms with E-state index in [0.717, 1.165) is 11.1 Å². The lowest BCUT2D eigenvalue weighted by molar-refractivity contribution is -0.147. The molecule has 6 nitrogen and oxygen atoms in total. The number of hydrogen-bond acceptors (Lipinski definition) is 5. The van der Waals surface area contributed by atoms with Crippen molar-refractivity contribution in [1.82, 2.24) is 15.2 Å². The fraction of sp³-hybridized carbons (Fsp3) is 0.318. The maximum Gasteiger partial charge on any atom is 0.389 e. The van der Waals surface area contributed by atoms with Crippen LogP contribution in [0.2, 0.25) is 0 Å². The minimum absolute atomic E-state index is 0.0354. The molecule has 2 aromatic rings. The Morgan fingerprint density at radius 2 is 2.03 bits per heavy atom. The predicted molar refractivity (Wildman–Crippen MR) is 122 cm³/mol. The fourth-order valence-corrected chi connectivity index (χ4v) is 3.92. The van der Waals surface area contributed by atoms with Crippen LogP contribution in [0.25, 0.3) is 0 Å². The molecule has 1 aromatic carbocycles. The summed E-state index contributed by atoms with van der Waals surface area (Å²) >= 11 is 5.50. The van der Waals surface area contributed by atoms with E-state index >= 15 is 0 Å². The third-order valence-corrected chi connectivity index (χ3v) is 5.47. The molecule has 1 atom stereocenters. The second-order valence-corrected chi connectivity index (χ2v) is 8.11. The second kappa shape index (κ2) is 9.56. The molecular weight excluding hydrogens is 439 g/mol. The van der Waals surface area contributed by atoms with Crippen LogP contribution in [0.5, 0.6) is 0 Å². The second-order valence-electron chi connectivity index (χ2n) is 7.70. The van der Waals surface area contributed by atoms with Gasteiger partial charge in [-0.3, -0.25) is 4.79 Å². The molecule has 0 radical (unpaired) electrons. The van der Waals surface area contributed by atoms with Gasteiger partial charge in [0, 0.05) is 43.6 Å². The SMILES string of the molecule is Cc1ccccc1NC(=S)C1=C(NCc2ccnc(N)c2)C(CC(F)(F)F)CN(C)C1=O. The van der Waals surface area contributed by atoms with Crippen LogP contribution in [0.4, 0.5) is 24.7 Å². The van der Waals surface area contributed by atoms with Crippen molar-refractivity contribution in [1.29, 1.82) is 0 Å². The highest BCUT2D eigenvalue weighted by atomic mass is 32.1. The highest BCUT2D eigenvalue weighted by Crippen LogP contribution is 2.34. The van der Waals surface area contributed by atoms with E-state index in [2.05, 4.69) is 15.6 Å². The first-order chi connectivity index (χ1) is 15.0. The number of alkyl halides is 3. The molecule has 0 fully saturated rings. The molecule has 10 heteroatoms. The molecule has 4 N–H and O–H groups in total. The van der Waals surface area contributed by atoms with E-state index in [9.17, 15) is 18.0 Å². The van der Waals surface area contributed by atoms with Crippen molar-refractivity contribution in [3.8, 4) is 0 Å². The van der Waals surface area contributed by atoms with Crippen LogP contribution in [0.15, 0.2) is 53.9 Å². The number of nitrogens with two attached hydrogens (primary N) is 1. The molecule has 0 bridgehead atoms. The van der Waals surface area contributed by atoms with Gasteiger partial charge in [-0.05, 0) is 36.2 Å². The van der Waals surface area contributed by atoms with Crippen molar-refractivity contribution in [2.45, 2.75) is 26.1 Å². The van der Waals surface area contributed by atoms with Crippen molar-refractivity contribution in [2.24, 2.45) is 5.92 Å². The van der Waals surface area contributed by atoms with E-state index in [0.29, 0.717) is 11.5 Å². The molecule has 32 heavy (non-hydrogen) atoms. The summed E-state index contributed by atoms with van der Waals surface area (Å²) in [6.45, 7) is 1.97. The van der Waals surface area contributed by atoms with Crippen LogP contribution in [-0.2, 0) is 11.3 Å². The van der Waals surface area contributed by atoms with E-state index < -0.39 is 24.4 Å². The highest BCUT2D eigenvalue weighted by molar-refractivity contribution is 7.81. The van der Waals surface area contributed by atoms with E-state index in [4.69, 9.17) is 18.0 Å². The van der Waals surface area contributed by atoms with Crippen LogP contribution in [0.1, 0.15) is 17.5 Å². The minimum Gasteiger partial charge on any atom is -0.384 e. The van der Waals surface area contributed by atoms with E-state index in [1.807, 2.05) is 19.1 Å². The number of hydrogen-bond donors (Lipinski definition) is 3. The van der Waals surface area contributed by atoms with Gasteiger partial charge in [0.25, 0.3) is 5.91 Å². The zero-order valence-corrected chi connectivity index (χ0v) is 18.5. The molecule has 0 saturated carbocycles. The highest BCUT2D eigenvalue weighted by Gasteiger charge is 2.40. The van der Waals surface area contributed by atoms with Crippen LogP contribution in [0.3, 0.4) is 0 Å². The van der Waals surface area contributed by atoms with Gasteiger partial charge in [-0.1, -0.05) is 30.4 Å². The van der Waals surface area contributed by atoms with Crippen molar-refractivity contribution in [3.05, 3.63) is 65.0 Å². The third-order valence-electron chi connectivity index (χ3n) is 5.16. The van der Waals surface area contributed by atoms with Crippen molar-refractivity contribution in [2.75, 3.05) is 24.6 Å². The van der Waals surface area contributed by atoms with Crippen LogP contribution in [-0.4, -0.2) is 40.5 Å². The lowest BCUT2D eigenvalue weighted by atomic mass is 9.91. The van der Waals surface area contributed by atoms with Gasteiger partial charge in [-0.15, -0.1) is 0 Å². The first-order valence-corrected chi connectivity index (χ1v) is 10.3. The topological polar surface area (TPSA) is 83.3 Å². The number of likely N-dealkylation sites (N-methyl/N-ethyl adjacent to an activating group) is 1. The maximum atomic E-state index is 13.4. The largest absolute Gasteiger partial charge is 0.389 e. The molecule has 3 rings (SSSR count). The number of amides is 1. The number of nitrogen functional groups attached to an aromatic ring is 1. The molecular formula is C22H24F3N5OS. The summed E-state index contributed by atoms with van der Waals surface area (Å²) < 4.78 is 40.1. The quantitative estimate of drug-likeness (QED) is 0.566. The number of nitrogens with zero attached hydrogens (tertiary/aromatic N) is 2. The fourth-order valence-electron chi connectivity index (χ4n) is 3.61. The van der Waals surface area contributed by atoms with Crippen molar-refractivity contribution in [3.63, 3.8) is 0 Å². The number of rotatable bonds is 6. The predicted octanol–water partition coefficient (Wildman–Crippen LogP) is 3.80. The van der Waals surface area contributed by atoms with Crippen LogP contribution < -0.4 is 16.4 Å². The molecule has 1 aromatic heterocycles. The number of benzene rings is 1. The average Bonchev–Trinajstić information content (AvgIpc) is 2.70. The smallest absolute Gasteiger partial charge is 0.384 e. The van der Waals surface area contributed by atoms with Gasteiger partial charge in [-0.2, -0.15) is 13.2 Å². The van der Waals surface area contributed by atoms with Crippen molar-refractivity contribution < 1.29 is 18.0 Å². The first kappa shape index (κ1) is 23.5. The molecule has 1 unspecified atom stereocenters. The number of nitrogens with one attached hydrogen (secondary N) is 2. The summed E-state index contributed by atoms with van der Waals surface area (Å²) in [5.41, 5.74) is 8.20. The Kier molecular flexibility index (Phi) is 7.02. The summed E-state index contributed by atoms with van der Waals surface area (Å²) in [5, 5.41) is 6.07. The zero-order chi connectivity index (χ0) is 23.5. The summed E-state index contributed by atoms with van der Waals surface area (Å²) in [6, 6.07) is 10.6. The molecule has 170 valence electrons. The van der Waals surface area contributed by atoms with Gasteiger partial charge < -0.3 is 21.3 Å². The monoisotopic (exact) mass is 463 g/mol. The Bertz CT molecular complexity index is 1050.